The van der Waals surface area contributed by atoms with Crippen LogP contribution in [0.15, 0.2) is 12.7 Å². The van der Waals surface area contributed by atoms with Gasteiger partial charge >= 0.3 is 47.7 Å². The summed E-state index contributed by atoms with van der Waals surface area (Å²) in [4.78, 5) is 23.7. The lowest BCUT2D eigenvalue weighted by molar-refractivity contribution is -0.449. The van der Waals surface area contributed by atoms with E-state index in [1.807, 2.05) is 6.92 Å². The first kappa shape index (κ1) is 38.6. The number of alkyl halides is 15. The molecule has 0 saturated heterocycles. The molecule has 19 heteroatoms. The normalized spacial score (nSPS) is 14.9. The minimum atomic E-state index is -8.53. The maximum absolute atomic E-state index is 14.1. The molecule has 0 aliphatic carbocycles. The number of carbonyl (C=O) groups excluding carboxylic acids is 2. The number of hydrogen-bond donors (Lipinski definition) is 1. The van der Waals surface area contributed by atoms with Crippen LogP contribution in [0.2, 0.25) is 0 Å². The number of amides is 1. The molecule has 1 unspecified atom stereocenters. The summed E-state index contributed by atoms with van der Waals surface area (Å²) in [6.07, 6.45) is -2.91. The van der Waals surface area contributed by atoms with E-state index in [2.05, 4.69) is 11.3 Å². The molecule has 0 aliphatic heterocycles. The van der Waals surface area contributed by atoms with Gasteiger partial charge in [-0.25, -0.2) is 4.79 Å². The zero-order valence-corrected chi connectivity index (χ0v) is 21.1. The highest BCUT2D eigenvalue weighted by Crippen LogP contribution is 2.62. The van der Waals surface area contributed by atoms with Crippen molar-refractivity contribution in [3.05, 3.63) is 12.7 Å². The fourth-order valence-corrected chi connectivity index (χ4v) is 3.07. The third kappa shape index (κ3) is 7.73. The highest BCUT2D eigenvalue weighted by molar-refractivity contribution is 5.89. The van der Waals surface area contributed by atoms with E-state index < -0.39 is 72.7 Å². The fraction of sp³-hybridized carbons (Fsp3) is 0.818. The largest absolute Gasteiger partial charge is 0.464 e. The maximum atomic E-state index is 14.1. The molecule has 1 atom stereocenters. The Morgan fingerprint density at radius 1 is 0.683 bits per heavy atom. The predicted octanol–water partition coefficient (Wildman–Crippen LogP) is 7.72. The number of unbranched alkanes of at least 4 members (excludes halogenated alkanes) is 6. The van der Waals surface area contributed by atoms with Crippen LogP contribution in [0.3, 0.4) is 0 Å². The molecule has 0 aromatic carbocycles. The van der Waals surface area contributed by atoms with Crippen molar-refractivity contribution in [3.8, 4) is 0 Å². The van der Waals surface area contributed by atoms with Crippen LogP contribution in [-0.4, -0.2) is 66.2 Å². The summed E-state index contributed by atoms with van der Waals surface area (Å²) >= 11 is 0. The Bertz CT molecular complexity index is 888. The van der Waals surface area contributed by atoms with E-state index in [0.29, 0.717) is 18.9 Å². The number of carbonyl (C=O) groups is 2. The van der Waals surface area contributed by atoms with E-state index in [0.717, 1.165) is 31.0 Å². The number of hydrogen-bond acceptors (Lipinski definition) is 3. The van der Waals surface area contributed by atoms with Gasteiger partial charge in [0, 0.05) is 0 Å². The molecule has 0 radical (unpaired) electrons. The minimum absolute atomic E-state index is 0.193. The second-order valence-electron chi connectivity index (χ2n) is 8.78. The fourth-order valence-electron chi connectivity index (χ4n) is 3.07. The number of nitrogens with one attached hydrogen (secondary N) is 1. The Morgan fingerprint density at radius 3 is 1.54 bits per heavy atom. The molecule has 0 bridgehead atoms. The zero-order valence-electron chi connectivity index (χ0n) is 21.1. The van der Waals surface area contributed by atoms with Crippen LogP contribution in [0.1, 0.15) is 58.3 Å². The van der Waals surface area contributed by atoms with E-state index in [1.54, 1.807) is 0 Å². The van der Waals surface area contributed by atoms with Crippen LogP contribution in [0.25, 0.3) is 0 Å². The lowest BCUT2D eigenvalue weighted by atomic mass is 9.90. The lowest BCUT2D eigenvalue weighted by Crippen LogP contribution is -2.74. The molecule has 0 aromatic rings. The van der Waals surface area contributed by atoms with Crippen molar-refractivity contribution in [2.24, 2.45) is 0 Å². The summed E-state index contributed by atoms with van der Waals surface area (Å²) in [7, 11) is 0. The molecule has 1 N–H and O–H groups in total. The van der Waals surface area contributed by atoms with Gasteiger partial charge in [-0.3, -0.25) is 4.79 Å². The summed E-state index contributed by atoms with van der Waals surface area (Å²) in [5.74, 6) is -54.0. The molecule has 0 fully saturated rings. The lowest BCUT2D eigenvalue weighted by Gasteiger charge is -2.41. The van der Waals surface area contributed by atoms with Crippen LogP contribution in [-0.2, 0) is 14.3 Å². The van der Waals surface area contributed by atoms with Crippen LogP contribution in [0.4, 0.5) is 65.9 Å². The number of ether oxygens (including phenoxy) is 1. The van der Waals surface area contributed by atoms with Gasteiger partial charge in [0.25, 0.3) is 5.91 Å². The molecule has 0 heterocycles. The molecule has 0 aliphatic rings. The summed E-state index contributed by atoms with van der Waals surface area (Å²) in [5, 5.41) is 0.748. The molecule has 0 aromatic heterocycles. The van der Waals surface area contributed by atoms with Gasteiger partial charge in [-0.2, -0.15) is 65.9 Å². The van der Waals surface area contributed by atoms with Crippen LogP contribution >= 0.6 is 0 Å². The Labute approximate surface area is 223 Å². The second kappa shape index (κ2) is 13.7. The first-order valence-electron chi connectivity index (χ1n) is 11.7. The van der Waals surface area contributed by atoms with Crippen molar-refractivity contribution >= 4 is 11.9 Å². The van der Waals surface area contributed by atoms with E-state index in [1.165, 1.54) is 0 Å². The van der Waals surface area contributed by atoms with Crippen molar-refractivity contribution in [2.45, 2.75) is 106 Å². The Kier molecular flexibility index (Phi) is 12.9. The maximum Gasteiger partial charge on any atom is 0.460 e. The topological polar surface area (TPSA) is 55.4 Å². The molecule has 41 heavy (non-hydrogen) atoms. The van der Waals surface area contributed by atoms with Gasteiger partial charge in [0.2, 0.25) is 0 Å². The summed E-state index contributed by atoms with van der Waals surface area (Å²) in [6, 6.07) is -2.39. The summed E-state index contributed by atoms with van der Waals surface area (Å²) in [6.45, 7) is 4.59. The van der Waals surface area contributed by atoms with E-state index in [4.69, 9.17) is 0 Å². The van der Waals surface area contributed by atoms with Crippen molar-refractivity contribution in [2.75, 3.05) is 6.61 Å². The average Bonchev–Trinajstić information content (AvgIpc) is 2.83. The SMILES string of the molecule is C=CCC(NC(=O)C(F)(F)C(F)(F)C(F)(F)C(F)(F)C(F)(F)C(F)(F)C(F)(F)F)C(=O)OCCCCCCCCC. The van der Waals surface area contributed by atoms with Crippen LogP contribution < -0.4 is 5.32 Å². The van der Waals surface area contributed by atoms with E-state index in [-0.39, 0.29) is 6.42 Å². The van der Waals surface area contributed by atoms with Crippen LogP contribution in [0.5, 0.6) is 0 Å². The zero-order chi connectivity index (χ0) is 32.7. The first-order chi connectivity index (χ1) is 18.3. The third-order valence-electron chi connectivity index (χ3n) is 5.60. The molecular formula is C22H26F15NO3. The van der Waals surface area contributed by atoms with E-state index in [9.17, 15) is 75.4 Å². The second-order valence-corrected chi connectivity index (χ2v) is 8.78. The molecule has 0 rings (SSSR count). The first-order valence-corrected chi connectivity index (χ1v) is 11.7. The van der Waals surface area contributed by atoms with Crippen molar-refractivity contribution in [1.82, 2.24) is 5.32 Å². The standard InChI is InChI=1S/C22H26F15NO3/c1-3-5-6-7-8-9-10-12-41-14(39)13(11-4-2)38-15(40)16(23,24)17(25,26)18(27,28)19(29,30)20(31,32)21(33,34)22(35,36)37/h4,13H,2-3,5-12H2,1H3,(H,38,40). The quantitative estimate of drug-likeness (QED) is 0.0725. The van der Waals surface area contributed by atoms with Gasteiger partial charge < -0.3 is 10.1 Å². The monoisotopic (exact) mass is 637 g/mol. The number of rotatable bonds is 18. The summed E-state index contributed by atoms with van der Waals surface area (Å²) < 4.78 is 204. The predicted molar refractivity (Wildman–Crippen MR) is 111 cm³/mol. The van der Waals surface area contributed by atoms with Gasteiger partial charge in [0.1, 0.15) is 6.04 Å². The van der Waals surface area contributed by atoms with Crippen molar-refractivity contribution < 1.29 is 80.2 Å². The molecule has 0 spiro atoms. The van der Waals surface area contributed by atoms with E-state index >= 15 is 0 Å². The highest BCUT2D eigenvalue weighted by Gasteiger charge is 2.94. The molecule has 1 amide bonds. The number of halogens is 15. The Balaban J connectivity index is 5.85. The molecule has 4 nitrogen and oxygen atoms in total. The third-order valence-corrected chi connectivity index (χ3v) is 5.60. The minimum Gasteiger partial charge on any atom is -0.464 e. The number of esters is 1. The Morgan fingerprint density at radius 2 is 1.10 bits per heavy atom. The van der Waals surface area contributed by atoms with Crippen molar-refractivity contribution in [3.63, 3.8) is 0 Å². The van der Waals surface area contributed by atoms with Gasteiger partial charge in [0.15, 0.2) is 0 Å². The smallest absolute Gasteiger partial charge is 0.460 e. The Hall–Kier alpha value is -2.37. The molecule has 0 saturated carbocycles. The summed E-state index contributed by atoms with van der Waals surface area (Å²) in [5.41, 5.74) is 0. The molecule has 242 valence electrons. The van der Waals surface area contributed by atoms with Gasteiger partial charge in [-0.15, -0.1) is 6.58 Å². The van der Waals surface area contributed by atoms with Crippen LogP contribution in [0, 0.1) is 0 Å². The van der Waals surface area contributed by atoms with Gasteiger partial charge in [-0.05, 0) is 12.8 Å². The average molecular weight is 637 g/mol. The van der Waals surface area contributed by atoms with Crippen molar-refractivity contribution in [1.29, 1.82) is 0 Å². The van der Waals surface area contributed by atoms with Gasteiger partial charge in [-0.1, -0.05) is 51.5 Å². The highest BCUT2D eigenvalue weighted by atomic mass is 19.4. The molecular weight excluding hydrogens is 611 g/mol. The van der Waals surface area contributed by atoms with Gasteiger partial charge in [0.05, 0.1) is 6.61 Å².